The summed E-state index contributed by atoms with van der Waals surface area (Å²) in [6.45, 7) is 0.402. The predicted octanol–water partition coefficient (Wildman–Crippen LogP) is 1.52. The van der Waals surface area contributed by atoms with Gasteiger partial charge in [0.1, 0.15) is 6.04 Å². The summed E-state index contributed by atoms with van der Waals surface area (Å²) in [5.74, 6) is -0.419. The molecular weight excluding hydrogens is 302 g/mol. The van der Waals surface area contributed by atoms with Gasteiger partial charge in [-0.15, -0.1) is 12.4 Å². The van der Waals surface area contributed by atoms with Crippen molar-refractivity contribution in [2.45, 2.75) is 30.3 Å². The second-order valence-corrected chi connectivity index (χ2v) is 7.27. The fourth-order valence-electron chi connectivity index (χ4n) is 2.44. The summed E-state index contributed by atoms with van der Waals surface area (Å²) in [4.78, 5) is 11.3. The summed E-state index contributed by atoms with van der Waals surface area (Å²) in [6.07, 6.45) is 1.99. The van der Waals surface area contributed by atoms with E-state index in [0.717, 1.165) is 18.4 Å². The minimum absolute atomic E-state index is 0. The minimum atomic E-state index is -3.23. The smallest absolute Gasteiger partial charge is 0.325 e. The van der Waals surface area contributed by atoms with Crippen LogP contribution in [-0.2, 0) is 21.2 Å². The van der Waals surface area contributed by atoms with Crippen LogP contribution in [0, 0.1) is 5.92 Å². The average molecular weight is 318 g/mol. The maximum atomic E-state index is 12.2. The molecule has 1 aromatic carbocycles. The van der Waals surface area contributed by atoms with E-state index in [-0.39, 0.29) is 18.2 Å². The molecule has 1 aliphatic heterocycles. The number of carboxylic acids is 1. The Labute approximate surface area is 123 Å². The Balaban J connectivity index is 0.00000147. The van der Waals surface area contributed by atoms with E-state index in [2.05, 4.69) is 5.32 Å². The van der Waals surface area contributed by atoms with Crippen LogP contribution in [0.1, 0.15) is 30.0 Å². The first-order valence-electron chi connectivity index (χ1n) is 6.29. The highest BCUT2D eigenvalue weighted by Gasteiger charge is 2.32. The van der Waals surface area contributed by atoms with Gasteiger partial charge in [-0.2, -0.15) is 0 Å². The largest absolute Gasteiger partial charge is 0.480 e. The maximum Gasteiger partial charge on any atom is 0.325 e. The number of carboxylic acid groups (broad SMARTS) is 1. The van der Waals surface area contributed by atoms with Crippen LogP contribution in [0.4, 0.5) is 0 Å². The molecule has 1 aliphatic carbocycles. The molecule has 1 saturated carbocycles. The van der Waals surface area contributed by atoms with Crippen molar-refractivity contribution in [3.8, 4) is 0 Å². The maximum absolute atomic E-state index is 12.2. The normalized spacial score (nSPS) is 21.1. The fourth-order valence-corrected chi connectivity index (χ4v) is 4.19. The quantitative estimate of drug-likeness (QED) is 0.879. The van der Waals surface area contributed by atoms with Gasteiger partial charge in [0.05, 0.1) is 10.6 Å². The van der Waals surface area contributed by atoms with Gasteiger partial charge in [0.2, 0.25) is 0 Å². The zero-order valence-electron chi connectivity index (χ0n) is 10.7. The van der Waals surface area contributed by atoms with Crippen LogP contribution < -0.4 is 5.32 Å². The van der Waals surface area contributed by atoms with Crippen molar-refractivity contribution in [3.63, 3.8) is 0 Å². The number of carbonyl (C=O) groups is 1. The van der Waals surface area contributed by atoms with Gasteiger partial charge >= 0.3 is 5.97 Å². The Morgan fingerprint density at radius 3 is 2.65 bits per heavy atom. The lowest BCUT2D eigenvalue weighted by molar-refractivity contribution is -0.139. The number of hydrogen-bond donors (Lipinski definition) is 2. The van der Waals surface area contributed by atoms with E-state index in [1.807, 2.05) is 0 Å². The number of sulfone groups is 1. The molecule has 0 aromatic heterocycles. The molecule has 0 bridgehead atoms. The molecule has 0 radical (unpaired) electrons. The lowest BCUT2D eigenvalue weighted by Gasteiger charge is -2.08. The molecular formula is C13H16ClNO4S. The molecule has 7 heteroatoms. The van der Waals surface area contributed by atoms with E-state index in [4.69, 9.17) is 5.11 Å². The van der Waals surface area contributed by atoms with Gasteiger partial charge in [-0.3, -0.25) is 10.1 Å². The third kappa shape index (κ3) is 2.82. The summed E-state index contributed by atoms with van der Waals surface area (Å²) >= 11 is 0. The van der Waals surface area contributed by atoms with Crippen molar-refractivity contribution < 1.29 is 18.3 Å². The summed E-state index contributed by atoms with van der Waals surface area (Å²) in [5, 5.41) is 11.9. The minimum Gasteiger partial charge on any atom is -0.480 e. The van der Waals surface area contributed by atoms with Gasteiger partial charge in [0.15, 0.2) is 9.84 Å². The molecule has 0 saturated heterocycles. The van der Waals surface area contributed by atoms with Gasteiger partial charge < -0.3 is 5.11 Å². The lowest BCUT2D eigenvalue weighted by Crippen LogP contribution is -2.21. The highest BCUT2D eigenvalue weighted by atomic mass is 35.5. The van der Waals surface area contributed by atoms with Crippen LogP contribution in [-0.4, -0.2) is 25.2 Å². The van der Waals surface area contributed by atoms with Gasteiger partial charge in [-0.1, -0.05) is 6.07 Å². The molecule has 0 spiro atoms. The number of rotatable bonds is 4. The summed E-state index contributed by atoms with van der Waals surface area (Å²) in [7, 11) is -3.23. The average Bonchev–Trinajstić information content (AvgIpc) is 3.04. The van der Waals surface area contributed by atoms with Gasteiger partial charge in [0.25, 0.3) is 0 Å². The molecule has 5 nitrogen and oxygen atoms in total. The Bertz CT molecular complexity index is 640. The first-order valence-corrected chi connectivity index (χ1v) is 7.94. The first-order chi connectivity index (χ1) is 8.97. The number of nitrogens with one attached hydrogen (secondary N) is 1. The lowest BCUT2D eigenvalue weighted by atomic mass is 10.1. The second-order valence-electron chi connectivity index (χ2n) is 5.24. The molecule has 110 valence electrons. The number of benzene rings is 1. The van der Waals surface area contributed by atoms with Crippen molar-refractivity contribution in [1.29, 1.82) is 0 Å². The van der Waals surface area contributed by atoms with Crippen LogP contribution >= 0.6 is 12.4 Å². The molecule has 1 aromatic rings. The third-order valence-electron chi connectivity index (χ3n) is 3.68. The molecule has 1 atom stereocenters. The number of aliphatic carboxylic acids is 1. The number of fused-ring (bicyclic) bond motifs is 1. The number of halogens is 1. The van der Waals surface area contributed by atoms with Gasteiger partial charge in [-0.05, 0) is 42.0 Å². The topological polar surface area (TPSA) is 83.5 Å². The Kier molecular flexibility index (Phi) is 4.09. The first kappa shape index (κ1) is 15.3. The highest BCUT2D eigenvalue weighted by molar-refractivity contribution is 7.91. The molecule has 0 amide bonds. The van der Waals surface area contributed by atoms with Crippen molar-refractivity contribution >= 4 is 28.2 Å². The summed E-state index contributed by atoms with van der Waals surface area (Å²) in [6, 6.07) is 4.03. The SMILES string of the molecule is Cl.O=C(O)C1NCc2cc(S(=O)(=O)CC3CC3)ccc21. The van der Waals surface area contributed by atoms with Crippen LogP contribution in [0.5, 0.6) is 0 Å². The molecule has 20 heavy (non-hydrogen) atoms. The highest BCUT2D eigenvalue weighted by Crippen LogP contribution is 2.33. The number of hydrogen-bond acceptors (Lipinski definition) is 4. The van der Waals surface area contributed by atoms with E-state index in [1.165, 1.54) is 6.07 Å². The van der Waals surface area contributed by atoms with Crippen molar-refractivity contribution in [2.75, 3.05) is 5.75 Å². The van der Waals surface area contributed by atoms with E-state index < -0.39 is 21.8 Å². The van der Waals surface area contributed by atoms with Crippen molar-refractivity contribution in [2.24, 2.45) is 5.92 Å². The van der Waals surface area contributed by atoms with Crippen LogP contribution in [0.3, 0.4) is 0 Å². The molecule has 2 aliphatic rings. The summed E-state index contributed by atoms with van der Waals surface area (Å²) in [5.41, 5.74) is 1.43. The van der Waals surface area contributed by atoms with Crippen molar-refractivity contribution in [3.05, 3.63) is 29.3 Å². The molecule has 1 fully saturated rings. The fraction of sp³-hybridized carbons (Fsp3) is 0.462. The van der Waals surface area contributed by atoms with E-state index >= 15 is 0 Å². The Morgan fingerprint density at radius 1 is 1.35 bits per heavy atom. The zero-order chi connectivity index (χ0) is 13.6. The summed E-state index contributed by atoms with van der Waals surface area (Å²) < 4.78 is 24.3. The Morgan fingerprint density at radius 2 is 2.05 bits per heavy atom. The van der Waals surface area contributed by atoms with Crippen LogP contribution in [0.15, 0.2) is 23.1 Å². The van der Waals surface area contributed by atoms with Gasteiger partial charge in [0, 0.05) is 6.54 Å². The predicted molar refractivity (Wildman–Crippen MR) is 75.7 cm³/mol. The third-order valence-corrected chi connectivity index (χ3v) is 5.56. The molecule has 2 N–H and O–H groups in total. The van der Waals surface area contributed by atoms with Crippen LogP contribution in [0.25, 0.3) is 0 Å². The molecule has 3 rings (SSSR count). The van der Waals surface area contributed by atoms with Gasteiger partial charge in [-0.25, -0.2) is 8.42 Å². The Hall–Kier alpha value is -1.11. The zero-order valence-corrected chi connectivity index (χ0v) is 12.3. The van der Waals surface area contributed by atoms with Crippen molar-refractivity contribution in [1.82, 2.24) is 5.32 Å². The standard InChI is InChI=1S/C13H15NO4S.ClH/c15-13(16)12-11-4-3-10(5-9(11)6-14-12)19(17,18)7-8-1-2-8;/h3-5,8,12,14H,1-2,6-7H2,(H,15,16);1H. The second kappa shape index (κ2) is 5.35. The van der Waals surface area contributed by atoms with E-state index in [9.17, 15) is 13.2 Å². The van der Waals surface area contributed by atoms with Crippen LogP contribution in [0.2, 0.25) is 0 Å². The molecule has 1 unspecified atom stereocenters. The molecule has 1 heterocycles. The van der Waals surface area contributed by atoms with E-state index in [1.54, 1.807) is 12.1 Å². The van der Waals surface area contributed by atoms with E-state index in [0.29, 0.717) is 22.9 Å². The monoisotopic (exact) mass is 317 g/mol.